The third kappa shape index (κ3) is 7.31. The number of fused-ring (bicyclic) bond motifs is 1. The normalized spacial score (nSPS) is 19.9. The van der Waals surface area contributed by atoms with Crippen LogP contribution in [0.15, 0.2) is 90.1 Å². The van der Waals surface area contributed by atoms with Gasteiger partial charge in [0.1, 0.15) is 22.9 Å². The monoisotopic (exact) mass is 745 g/mol. The Morgan fingerprint density at radius 1 is 0.981 bits per heavy atom. The molecule has 54 heavy (non-hydrogen) atoms. The number of rotatable bonds is 11. The van der Waals surface area contributed by atoms with E-state index in [1.807, 2.05) is 36.5 Å². The fourth-order valence-electron chi connectivity index (χ4n) is 9.18. The van der Waals surface area contributed by atoms with Crippen molar-refractivity contribution in [1.29, 1.82) is 0 Å². The average molecular weight is 746 g/mol. The molecule has 9 nitrogen and oxygen atoms in total. The standard InChI is InChI=1S/C44H51N5O4S/c1-30(2)37-7-5-6-8-38(37)39-28-47(27-31-9-12-40(52-3)42(21-31)54(4)51)19-20-49(39)35-24-44(25-35)14-17-48(18-15-44)34-11-10-33(29-50)41(23-34)53-36-22-32-13-16-45-43(32)46-26-36/h5-13,16,21-23,26,29-30,35,39H,14-15,17-20,24-25,27-28H2,1-4H3,(H,45,46). The van der Waals surface area contributed by atoms with E-state index in [1.165, 1.54) is 29.5 Å². The lowest BCUT2D eigenvalue weighted by atomic mass is 9.59. The maximum atomic E-state index is 12.5. The van der Waals surface area contributed by atoms with E-state index in [0.717, 1.165) is 80.0 Å². The van der Waals surface area contributed by atoms with Gasteiger partial charge in [0.2, 0.25) is 0 Å². The summed E-state index contributed by atoms with van der Waals surface area (Å²) in [7, 11) is 0.523. The van der Waals surface area contributed by atoms with Crippen LogP contribution >= 0.6 is 0 Å². The molecule has 10 heteroatoms. The van der Waals surface area contributed by atoms with E-state index in [2.05, 4.69) is 81.0 Å². The van der Waals surface area contributed by atoms with Gasteiger partial charge < -0.3 is 19.4 Å². The van der Waals surface area contributed by atoms with Crippen LogP contribution < -0.4 is 14.4 Å². The van der Waals surface area contributed by atoms with Crippen LogP contribution in [0.4, 0.5) is 5.69 Å². The number of aromatic amines is 1. The number of hydrogen-bond acceptors (Lipinski definition) is 8. The summed E-state index contributed by atoms with van der Waals surface area (Å²) < 4.78 is 24.2. The van der Waals surface area contributed by atoms with Crippen LogP contribution in [0.3, 0.4) is 0 Å². The van der Waals surface area contributed by atoms with Crippen molar-refractivity contribution < 1.29 is 18.5 Å². The topological polar surface area (TPSA) is 91.0 Å². The second kappa shape index (κ2) is 15.3. The molecule has 5 aromatic rings. The summed E-state index contributed by atoms with van der Waals surface area (Å²) in [5.41, 5.74) is 6.87. The zero-order valence-corrected chi connectivity index (χ0v) is 32.6. The summed E-state index contributed by atoms with van der Waals surface area (Å²) in [4.78, 5) is 28.1. The minimum Gasteiger partial charge on any atom is -0.495 e. The van der Waals surface area contributed by atoms with Gasteiger partial charge in [-0.15, -0.1) is 0 Å². The molecule has 8 rings (SSSR count). The van der Waals surface area contributed by atoms with Crippen LogP contribution in [0.2, 0.25) is 0 Å². The molecule has 1 saturated carbocycles. The van der Waals surface area contributed by atoms with E-state index in [9.17, 15) is 9.00 Å². The first-order valence-electron chi connectivity index (χ1n) is 19.2. The van der Waals surface area contributed by atoms with Gasteiger partial charge in [-0.05, 0) is 90.1 Å². The molecular weight excluding hydrogens is 695 g/mol. The van der Waals surface area contributed by atoms with Gasteiger partial charge in [-0.25, -0.2) is 4.98 Å². The zero-order chi connectivity index (χ0) is 37.4. The summed E-state index contributed by atoms with van der Waals surface area (Å²) >= 11 is 0. The van der Waals surface area contributed by atoms with Gasteiger partial charge in [0.05, 0.1) is 34.6 Å². The molecule has 4 heterocycles. The first kappa shape index (κ1) is 36.5. The molecule has 3 aromatic carbocycles. The molecule has 2 saturated heterocycles. The van der Waals surface area contributed by atoms with E-state index < -0.39 is 10.8 Å². The molecule has 3 aliphatic rings. The minimum absolute atomic E-state index is 0.320. The molecule has 0 amide bonds. The predicted molar refractivity (Wildman–Crippen MR) is 215 cm³/mol. The Kier molecular flexibility index (Phi) is 10.3. The largest absolute Gasteiger partial charge is 0.495 e. The highest BCUT2D eigenvalue weighted by atomic mass is 32.2. The minimum atomic E-state index is -1.12. The van der Waals surface area contributed by atoms with Crippen molar-refractivity contribution in [3.05, 3.63) is 107 Å². The number of aldehydes is 1. The van der Waals surface area contributed by atoms with Crippen molar-refractivity contribution in [2.45, 2.75) is 69.0 Å². The van der Waals surface area contributed by atoms with Gasteiger partial charge in [-0.2, -0.15) is 0 Å². The number of methoxy groups -OCH3 is 1. The van der Waals surface area contributed by atoms with Gasteiger partial charge >= 0.3 is 0 Å². The van der Waals surface area contributed by atoms with E-state index in [0.29, 0.717) is 46.2 Å². The lowest BCUT2D eigenvalue weighted by Gasteiger charge is -2.58. The van der Waals surface area contributed by atoms with Gasteiger partial charge in [-0.3, -0.25) is 18.8 Å². The molecule has 1 N–H and O–H groups in total. The number of ether oxygens (including phenoxy) is 2. The SMILES string of the molecule is COc1ccc(CN2CCN(C3CC4(CCN(c5ccc(C=O)c(Oc6cnc7[nH]ccc7c6)c5)CC4)C3)C(c3ccccc3C(C)C)C2)cc1S(C)=O. The van der Waals surface area contributed by atoms with Crippen molar-refractivity contribution in [2.24, 2.45) is 5.41 Å². The molecule has 282 valence electrons. The predicted octanol–water partition coefficient (Wildman–Crippen LogP) is 8.35. The summed E-state index contributed by atoms with van der Waals surface area (Å²) in [6.07, 6.45) is 10.9. The molecule has 0 radical (unpaired) electrons. The van der Waals surface area contributed by atoms with E-state index >= 15 is 0 Å². The van der Waals surface area contributed by atoms with Gasteiger partial charge in [0, 0.05) is 80.9 Å². The summed E-state index contributed by atoms with van der Waals surface area (Å²) in [5, 5.41) is 0.965. The quantitative estimate of drug-likeness (QED) is 0.135. The highest BCUT2D eigenvalue weighted by Gasteiger charge is 2.50. The van der Waals surface area contributed by atoms with Crippen molar-refractivity contribution in [2.75, 3.05) is 51.0 Å². The Balaban J connectivity index is 0.947. The fourth-order valence-corrected chi connectivity index (χ4v) is 9.94. The number of piperazine rings is 1. The Bertz CT molecular complexity index is 2150. The molecular formula is C44H51N5O4S. The molecule has 0 bridgehead atoms. The fraction of sp³-hybridized carbons (Fsp3) is 0.409. The van der Waals surface area contributed by atoms with Gasteiger partial charge in [0.15, 0.2) is 6.29 Å². The molecule has 1 aliphatic carbocycles. The number of H-pyrrole nitrogens is 1. The van der Waals surface area contributed by atoms with E-state index in [4.69, 9.17) is 9.47 Å². The lowest BCUT2D eigenvalue weighted by Crippen LogP contribution is -2.60. The van der Waals surface area contributed by atoms with Crippen LogP contribution in [0.5, 0.6) is 17.2 Å². The van der Waals surface area contributed by atoms with Crippen LogP contribution in [0.25, 0.3) is 11.0 Å². The second-order valence-corrected chi connectivity index (χ2v) is 17.1. The summed E-state index contributed by atoms with van der Waals surface area (Å²) in [5.74, 6) is 2.31. The van der Waals surface area contributed by atoms with Crippen LogP contribution in [-0.4, -0.2) is 82.4 Å². The number of anilines is 1. The van der Waals surface area contributed by atoms with Crippen LogP contribution in [0, 0.1) is 5.41 Å². The third-order valence-electron chi connectivity index (χ3n) is 12.1. The van der Waals surface area contributed by atoms with Gasteiger partial charge in [-0.1, -0.05) is 44.2 Å². The van der Waals surface area contributed by atoms with Crippen LogP contribution in [-0.2, 0) is 17.3 Å². The molecule has 2 aromatic heterocycles. The van der Waals surface area contributed by atoms with Crippen LogP contribution in [0.1, 0.15) is 78.5 Å². The number of hydrogen-bond donors (Lipinski definition) is 1. The lowest BCUT2D eigenvalue weighted by molar-refractivity contribution is -0.0628. The third-order valence-corrected chi connectivity index (χ3v) is 13.1. The van der Waals surface area contributed by atoms with Crippen molar-refractivity contribution in [3.63, 3.8) is 0 Å². The number of carbonyl (C=O) groups is 1. The zero-order valence-electron chi connectivity index (χ0n) is 31.8. The average Bonchev–Trinajstić information content (AvgIpc) is 3.65. The van der Waals surface area contributed by atoms with Gasteiger partial charge in [0.25, 0.3) is 0 Å². The molecule has 2 atom stereocenters. The number of aromatic nitrogens is 2. The molecule has 3 fully saturated rings. The van der Waals surface area contributed by atoms with E-state index in [1.54, 1.807) is 19.6 Å². The number of piperidine rings is 1. The molecule has 2 aliphatic heterocycles. The number of pyridine rings is 1. The molecule has 2 unspecified atom stereocenters. The summed E-state index contributed by atoms with van der Waals surface area (Å²) in [6.45, 7) is 10.4. The van der Waals surface area contributed by atoms with Crippen molar-refractivity contribution in [1.82, 2.24) is 19.8 Å². The highest BCUT2D eigenvalue weighted by Crippen LogP contribution is 2.53. The first-order chi connectivity index (χ1) is 26.2. The van der Waals surface area contributed by atoms with E-state index in [-0.39, 0.29) is 0 Å². The first-order valence-corrected chi connectivity index (χ1v) is 20.8. The maximum Gasteiger partial charge on any atom is 0.153 e. The number of nitrogens with zero attached hydrogens (tertiary/aromatic N) is 4. The highest BCUT2D eigenvalue weighted by molar-refractivity contribution is 7.84. The summed E-state index contributed by atoms with van der Waals surface area (Å²) in [6, 6.07) is 25.9. The van der Waals surface area contributed by atoms with Crippen molar-refractivity contribution >= 4 is 33.8 Å². The number of carbonyl (C=O) groups excluding carboxylic acids is 1. The molecule has 1 spiro atoms. The Hall–Kier alpha value is -4.51. The van der Waals surface area contributed by atoms with Crippen molar-refractivity contribution in [3.8, 4) is 17.2 Å². The number of benzene rings is 3. The smallest absolute Gasteiger partial charge is 0.153 e. The number of nitrogens with one attached hydrogen (secondary N) is 1. The Morgan fingerprint density at radius 3 is 2.56 bits per heavy atom. The Labute approximate surface area is 321 Å². The second-order valence-electron chi connectivity index (χ2n) is 15.8. The maximum absolute atomic E-state index is 12.5. The Morgan fingerprint density at radius 2 is 1.80 bits per heavy atom.